The molecule has 0 atom stereocenters. The molecule has 0 fully saturated rings. The minimum atomic E-state index is 0.626. The summed E-state index contributed by atoms with van der Waals surface area (Å²) >= 11 is 6.26. The molecule has 4 nitrogen and oxygen atoms in total. The lowest BCUT2D eigenvalue weighted by Crippen LogP contribution is -1.97. The Morgan fingerprint density at radius 1 is 1.23 bits per heavy atom. The van der Waals surface area contributed by atoms with Crippen LogP contribution in [0.3, 0.4) is 0 Å². The minimum absolute atomic E-state index is 0.626. The lowest BCUT2D eigenvalue weighted by Gasteiger charge is -2.04. The predicted octanol–water partition coefficient (Wildman–Crippen LogP) is 4.12. The highest BCUT2D eigenvalue weighted by atomic mass is 35.5. The molecule has 0 aliphatic carbocycles. The summed E-state index contributed by atoms with van der Waals surface area (Å²) in [5.74, 6) is 0. The van der Waals surface area contributed by atoms with Crippen LogP contribution in [-0.2, 0) is 6.42 Å². The average Bonchev–Trinajstić information content (AvgIpc) is 2.97. The molecule has 0 amide bonds. The van der Waals surface area contributed by atoms with Crippen LogP contribution >= 0.6 is 11.6 Å². The van der Waals surface area contributed by atoms with Crippen molar-refractivity contribution < 1.29 is 0 Å². The van der Waals surface area contributed by atoms with Gasteiger partial charge in [-0.05, 0) is 30.7 Å². The first-order valence-electron chi connectivity index (χ1n) is 7.22. The monoisotopic (exact) mass is 312 g/mol. The summed E-state index contributed by atoms with van der Waals surface area (Å²) in [6.45, 7) is 2.14. The van der Waals surface area contributed by atoms with Gasteiger partial charge in [-0.25, -0.2) is 4.68 Å². The molecule has 112 valence electrons. The van der Waals surface area contributed by atoms with Gasteiger partial charge in [-0.15, -0.1) is 0 Å². The van der Waals surface area contributed by atoms with Crippen LogP contribution in [0.4, 0.5) is 5.69 Å². The van der Waals surface area contributed by atoms with E-state index in [1.54, 1.807) is 12.3 Å². The second-order valence-electron chi connectivity index (χ2n) is 5.17. The number of aromatic nitrogens is 3. The molecule has 0 unspecified atom stereocenters. The Hall–Kier alpha value is -2.33. The quantitative estimate of drug-likeness (QED) is 0.737. The Balaban J connectivity index is 1.95. The summed E-state index contributed by atoms with van der Waals surface area (Å²) in [4.78, 5) is 4.37. The van der Waals surface area contributed by atoms with E-state index in [-0.39, 0.29) is 0 Å². The van der Waals surface area contributed by atoms with Gasteiger partial charge in [-0.3, -0.25) is 4.98 Å². The van der Waals surface area contributed by atoms with Crippen LogP contribution in [0.2, 0.25) is 5.02 Å². The van der Waals surface area contributed by atoms with Crippen LogP contribution in [-0.4, -0.2) is 14.8 Å². The number of benzene rings is 1. The Labute approximate surface area is 134 Å². The first-order valence-corrected chi connectivity index (χ1v) is 7.60. The maximum atomic E-state index is 6.26. The Morgan fingerprint density at radius 3 is 2.86 bits per heavy atom. The summed E-state index contributed by atoms with van der Waals surface area (Å²) in [6.07, 6.45) is 7.62. The molecule has 5 heteroatoms. The maximum absolute atomic E-state index is 6.26. The number of nitrogen functional groups attached to an aromatic ring is 1. The molecule has 0 radical (unpaired) electrons. The van der Waals surface area contributed by atoms with E-state index in [9.17, 15) is 0 Å². The minimum Gasteiger partial charge on any atom is -0.399 e. The summed E-state index contributed by atoms with van der Waals surface area (Å²) in [6, 6.07) is 9.50. The van der Waals surface area contributed by atoms with Gasteiger partial charge in [0.05, 0.1) is 16.9 Å². The molecule has 1 aromatic carbocycles. The molecule has 0 aliphatic heterocycles. The van der Waals surface area contributed by atoms with Gasteiger partial charge in [0.25, 0.3) is 0 Å². The van der Waals surface area contributed by atoms with Crippen molar-refractivity contribution >= 4 is 17.3 Å². The molecule has 2 N–H and O–H groups in total. The Kier molecular flexibility index (Phi) is 4.11. The molecule has 2 aromatic heterocycles. The average molecular weight is 313 g/mol. The molecule has 3 rings (SSSR count). The van der Waals surface area contributed by atoms with Gasteiger partial charge < -0.3 is 5.73 Å². The van der Waals surface area contributed by atoms with E-state index in [0.717, 1.165) is 35.3 Å². The standard InChI is InChI=1S/C17H17ClN4/c1-2-3-14-9-15(6-7-20-14)22-11-12(10-21-22)16-5-4-13(19)8-17(16)18/h4-11H,2-3,19H2,1H3. The fourth-order valence-electron chi connectivity index (χ4n) is 2.37. The number of pyridine rings is 1. The van der Waals surface area contributed by atoms with E-state index in [1.165, 1.54) is 0 Å². The first kappa shape index (κ1) is 14.6. The van der Waals surface area contributed by atoms with E-state index in [2.05, 4.69) is 23.1 Å². The van der Waals surface area contributed by atoms with Crippen LogP contribution in [0.1, 0.15) is 19.0 Å². The number of rotatable bonds is 4. The van der Waals surface area contributed by atoms with Gasteiger partial charge >= 0.3 is 0 Å². The molecular formula is C17H17ClN4. The molecular weight excluding hydrogens is 296 g/mol. The van der Waals surface area contributed by atoms with Crippen molar-refractivity contribution in [3.63, 3.8) is 0 Å². The number of halogens is 1. The van der Waals surface area contributed by atoms with Crippen LogP contribution < -0.4 is 5.73 Å². The molecule has 0 saturated carbocycles. The van der Waals surface area contributed by atoms with Crippen molar-refractivity contribution in [1.82, 2.24) is 14.8 Å². The number of hydrogen-bond acceptors (Lipinski definition) is 3. The summed E-state index contributed by atoms with van der Waals surface area (Å²) in [5.41, 5.74) is 10.3. The van der Waals surface area contributed by atoms with Gasteiger partial charge in [0.1, 0.15) is 0 Å². The SMILES string of the molecule is CCCc1cc(-n2cc(-c3ccc(N)cc3Cl)cn2)ccn1. The lowest BCUT2D eigenvalue weighted by atomic mass is 10.1. The third-order valence-corrected chi connectivity index (χ3v) is 3.77. The summed E-state index contributed by atoms with van der Waals surface area (Å²) in [7, 11) is 0. The number of hydrogen-bond donors (Lipinski definition) is 1. The second kappa shape index (κ2) is 6.20. The normalized spacial score (nSPS) is 10.8. The van der Waals surface area contributed by atoms with Crippen LogP contribution in [0.15, 0.2) is 48.9 Å². The zero-order valence-corrected chi connectivity index (χ0v) is 13.1. The molecule has 0 saturated heterocycles. The van der Waals surface area contributed by atoms with Crippen molar-refractivity contribution in [2.45, 2.75) is 19.8 Å². The largest absolute Gasteiger partial charge is 0.399 e. The van der Waals surface area contributed by atoms with Crippen molar-refractivity contribution in [3.05, 3.63) is 59.6 Å². The first-order chi connectivity index (χ1) is 10.7. The highest BCUT2D eigenvalue weighted by Gasteiger charge is 2.08. The van der Waals surface area contributed by atoms with Crippen LogP contribution in [0, 0.1) is 0 Å². The van der Waals surface area contributed by atoms with Gasteiger partial charge in [0, 0.05) is 34.9 Å². The fraction of sp³-hybridized carbons (Fsp3) is 0.176. The molecule has 2 heterocycles. The van der Waals surface area contributed by atoms with E-state index in [1.807, 2.05) is 35.3 Å². The molecule has 0 bridgehead atoms. The highest BCUT2D eigenvalue weighted by Crippen LogP contribution is 2.29. The third-order valence-electron chi connectivity index (χ3n) is 3.46. The topological polar surface area (TPSA) is 56.7 Å². The Morgan fingerprint density at radius 2 is 2.09 bits per heavy atom. The predicted molar refractivity (Wildman–Crippen MR) is 90.2 cm³/mol. The number of nitrogens with two attached hydrogens (primary N) is 1. The van der Waals surface area contributed by atoms with Crippen molar-refractivity contribution in [3.8, 4) is 16.8 Å². The fourth-order valence-corrected chi connectivity index (χ4v) is 2.67. The molecule has 3 aromatic rings. The number of anilines is 1. The second-order valence-corrected chi connectivity index (χ2v) is 5.58. The maximum Gasteiger partial charge on any atom is 0.0679 e. The smallest absolute Gasteiger partial charge is 0.0679 e. The van der Waals surface area contributed by atoms with Crippen molar-refractivity contribution in [1.29, 1.82) is 0 Å². The summed E-state index contributed by atoms with van der Waals surface area (Å²) in [5, 5.41) is 5.05. The van der Waals surface area contributed by atoms with Gasteiger partial charge in [-0.2, -0.15) is 5.10 Å². The molecule has 0 aliphatic rings. The molecule has 0 spiro atoms. The Bertz CT molecular complexity index is 795. The zero-order chi connectivity index (χ0) is 15.5. The van der Waals surface area contributed by atoms with Crippen molar-refractivity contribution in [2.75, 3.05) is 5.73 Å². The van der Waals surface area contributed by atoms with Gasteiger partial charge in [0.15, 0.2) is 0 Å². The van der Waals surface area contributed by atoms with Gasteiger partial charge in [0.2, 0.25) is 0 Å². The van der Waals surface area contributed by atoms with E-state index in [4.69, 9.17) is 17.3 Å². The third kappa shape index (κ3) is 2.97. The number of nitrogens with zero attached hydrogens (tertiary/aromatic N) is 3. The highest BCUT2D eigenvalue weighted by molar-refractivity contribution is 6.33. The zero-order valence-electron chi connectivity index (χ0n) is 12.3. The number of aryl methyl sites for hydroxylation is 1. The lowest BCUT2D eigenvalue weighted by molar-refractivity contribution is 0.848. The van der Waals surface area contributed by atoms with Crippen LogP contribution in [0.5, 0.6) is 0 Å². The van der Waals surface area contributed by atoms with Crippen molar-refractivity contribution in [2.24, 2.45) is 0 Å². The van der Waals surface area contributed by atoms with E-state index in [0.29, 0.717) is 10.7 Å². The molecule has 22 heavy (non-hydrogen) atoms. The van der Waals surface area contributed by atoms with Gasteiger partial charge in [-0.1, -0.05) is 31.0 Å². The van der Waals surface area contributed by atoms with E-state index < -0.39 is 0 Å². The van der Waals surface area contributed by atoms with Crippen LogP contribution in [0.25, 0.3) is 16.8 Å². The summed E-state index contributed by atoms with van der Waals surface area (Å²) < 4.78 is 1.84. The van der Waals surface area contributed by atoms with E-state index >= 15 is 0 Å².